The van der Waals surface area contributed by atoms with E-state index in [0.29, 0.717) is 58.0 Å². The second kappa shape index (κ2) is 10.6. The van der Waals surface area contributed by atoms with E-state index in [1.165, 1.54) is 6.07 Å². The van der Waals surface area contributed by atoms with Crippen molar-refractivity contribution in [3.8, 4) is 17.1 Å². The Bertz CT molecular complexity index is 1540. The summed E-state index contributed by atoms with van der Waals surface area (Å²) in [6.45, 7) is 3.23. The van der Waals surface area contributed by atoms with Gasteiger partial charge in [-0.1, -0.05) is 11.3 Å². The summed E-state index contributed by atoms with van der Waals surface area (Å²) in [6.07, 6.45) is 5.48. The lowest BCUT2D eigenvalue weighted by Gasteiger charge is -2.34. The zero-order valence-corrected chi connectivity index (χ0v) is 22.9. The van der Waals surface area contributed by atoms with Gasteiger partial charge in [-0.25, -0.2) is 13.8 Å². The number of benzene rings is 1. The first-order chi connectivity index (χ1) is 19.5. The third kappa shape index (κ3) is 5.04. The van der Waals surface area contributed by atoms with Crippen LogP contribution in [0, 0.1) is 11.7 Å². The van der Waals surface area contributed by atoms with Crippen LogP contribution in [-0.4, -0.2) is 71.0 Å². The van der Waals surface area contributed by atoms with Gasteiger partial charge in [-0.3, -0.25) is 4.98 Å². The monoisotopic (exact) mass is 566 g/mol. The first-order valence-corrected chi connectivity index (χ1v) is 14.8. The highest BCUT2D eigenvalue weighted by atomic mass is 32.1. The largest absolute Gasteiger partial charge is 0.463 e. The van der Waals surface area contributed by atoms with Crippen LogP contribution < -0.4 is 26.0 Å². The Balaban J connectivity index is 1.26. The lowest BCUT2D eigenvalue weighted by Crippen LogP contribution is -2.51. The normalized spacial score (nSPS) is 25.3. The minimum absolute atomic E-state index is 0.0990. The number of nitrogens with one attached hydrogen (secondary N) is 2. The number of halogens is 2. The van der Waals surface area contributed by atoms with Crippen molar-refractivity contribution in [1.29, 1.82) is 0 Å². The number of nitrogen functional groups attached to an aromatic ring is 1. The van der Waals surface area contributed by atoms with Gasteiger partial charge in [-0.15, -0.1) is 0 Å². The predicted octanol–water partition coefficient (Wildman–Crippen LogP) is 4.07. The van der Waals surface area contributed by atoms with E-state index in [0.717, 1.165) is 73.6 Å². The molecule has 4 aromatic rings. The van der Waals surface area contributed by atoms with Crippen molar-refractivity contribution in [3.05, 3.63) is 30.2 Å². The molecule has 0 aliphatic carbocycles. The van der Waals surface area contributed by atoms with Crippen molar-refractivity contribution in [2.45, 2.75) is 50.4 Å². The van der Waals surface area contributed by atoms with Crippen LogP contribution in [0.2, 0.25) is 0 Å². The van der Waals surface area contributed by atoms with E-state index >= 15 is 0 Å². The third-order valence-corrected chi connectivity index (χ3v) is 9.10. The molecule has 1 aromatic carbocycles. The van der Waals surface area contributed by atoms with Gasteiger partial charge in [0.15, 0.2) is 10.9 Å². The van der Waals surface area contributed by atoms with Crippen LogP contribution in [-0.2, 0) is 0 Å². The van der Waals surface area contributed by atoms with E-state index in [1.807, 2.05) is 6.07 Å². The molecule has 7 rings (SSSR count). The summed E-state index contributed by atoms with van der Waals surface area (Å²) in [7, 11) is 0. The molecule has 2 bridgehead atoms. The summed E-state index contributed by atoms with van der Waals surface area (Å²) >= 11 is 1.13. The molecular formula is C28H32F2N8OS. The molecule has 6 heterocycles. The van der Waals surface area contributed by atoms with Crippen molar-refractivity contribution in [2.24, 2.45) is 5.92 Å². The van der Waals surface area contributed by atoms with E-state index in [2.05, 4.69) is 20.5 Å². The molecule has 3 aliphatic rings. The smallest absolute Gasteiger partial charge is 0.319 e. The molecule has 12 heteroatoms. The highest BCUT2D eigenvalue weighted by molar-refractivity contribution is 7.22. The van der Waals surface area contributed by atoms with E-state index in [9.17, 15) is 8.78 Å². The number of fused-ring (bicyclic) bond motifs is 4. The summed E-state index contributed by atoms with van der Waals surface area (Å²) < 4.78 is 35.4. The molecule has 2 unspecified atom stereocenters. The standard InChI is InChI=1S/C28H32F2N8OS/c29-17-8-15(2-1-7-32-11-17)14-39-28-35-22-9-16(20-5-6-21(30)25-23(20)36-27(31)40-25)10-33-24(22)26(37-28)38-12-18-3-4-19(13-38)34-18/h5-6,9-10,15,17-19,32,34H,1-4,7-8,11-14H2,(H2,31,36)/t15-,17-,18?,19?/m1/s1. The maximum Gasteiger partial charge on any atom is 0.319 e. The molecule has 210 valence electrons. The number of aromatic nitrogens is 4. The third-order valence-electron chi connectivity index (χ3n) is 8.21. The fourth-order valence-corrected chi connectivity index (χ4v) is 7.05. The Hall–Kier alpha value is -3.22. The Morgan fingerprint density at radius 2 is 1.95 bits per heavy atom. The molecule has 0 saturated carbocycles. The second-order valence-corrected chi connectivity index (χ2v) is 12.2. The van der Waals surface area contributed by atoms with Gasteiger partial charge in [-0.2, -0.15) is 9.97 Å². The van der Waals surface area contributed by atoms with Crippen LogP contribution in [0.1, 0.15) is 32.1 Å². The molecule has 40 heavy (non-hydrogen) atoms. The van der Waals surface area contributed by atoms with E-state index in [-0.39, 0.29) is 17.7 Å². The van der Waals surface area contributed by atoms with Gasteiger partial charge in [0, 0.05) is 49.0 Å². The zero-order valence-electron chi connectivity index (χ0n) is 22.1. The highest BCUT2D eigenvalue weighted by Gasteiger charge is 2.34. The molecular weight excluding hydrogens is 534 g/mol. The fourth-order valence-electron chi connectivity index (χ4n) is 6.29. The van der Waals surface area contributed by atoms with Gasteiger partial charge in [-0.05, 0) is 62.8 Å². The minimum atomic E-state index is -0.891. The highest BCUT2D eigenvalue weighted by Crippen LogP contribution is 2.36. The molecule has 3 aromatic heterocycles. The number of ether oxygens (including phenoxy) is 1. The number of nitrogens with two attached hydrogens (primary N) is 1. The van der Waals surface area contributed by atoms with Gasteiger partial charge >= 0.3 is 6.01 Å². The molecule has 3 fully saturated rings. The Labute approximate surface area is 234 Å². The number of rotatable bonds is 5. The number of pyridine rings is 1. The quantitative estimate of drug-likeness (QED) is 0.329. The number of anilines is 2. The fraction of sp³-hybridized carbons (Fsp3) is 0.500. The minimum Gasteiger partial charge on any atom is -0.463 e. The van der Waals surface area contributed by atoms with Crippen LogP contribution in [0.4, 0.5) is 19.7 Å². The zero-order chi connectivity index (χ0) is 27.2. The number of piperazine rings is 1. The van der Waals surface area contributed by atoms with Crippen LogP contribution in [0.15, 0.2) is 24.4 Å². The van der Waals surface area contributed by atoms with E-state index in [1.54, 1.807) is 12.3 Å². The van der Waals surface area contributed by atoms with Crippen LogP contribution in [0.25, 0.3) is 32.4 Å². The summed E-state index contributed by atoms with van der Waals surface area (Å²) in [5, 5.41) is 7.13. The molecule has 0 amide bonds. The maximum absolute atomic E-state index is 14.5. The Morgan fingerprint density at radius 1 is 1.10 bits per heavy atom. The lowest BCUT2D eigenvalue weighted by molar-refractivity contribution is 0.166. The summed E-state index contributed by atoms with van der Waals surface area (Å²) in [5.41, 5.74) is 9.24. The molecule has 3 aliphatic heterocycles. The first kappa shape index (κ1) is 25.7. The lowest BCUT2D eigenvalue weighted by atomic mass is 9.96. The summed E-state index contributed by atoms with van der Waals surface area (Å²) in [6, 6.07) is 6.16. The van der Waals surface area contributed by atoms with E-state index < -0.39 is 6.17 Å². The van der Waals surface area contributed by atoms with Crippen molar-refractivity contribution < 1.29 is 13.5 Å². The van der Waals surface area contributed by atoms with Gasteiger partial charge in [0.1, 0.15) is 17.5 Å². The molecule has 0 radical (unpaired) electrons. The Kier molecular flexibility index (Phi) is 6.84. The number of hydrogen-bond donors (Lipinski definition) is 3. The van der Waals surface area contributed by atoms with E-state index in [4.69, 9.17) is 25.4 Å². The number of hydrogen-bond acceptors (Lipinski definition) is 10. The van der Waals surface area contributed by atoms with Crippen molar-refractivity contribution in [1.82, 2.24) is 30.6 Å². The summed E-state index contributed by atoms with van der Waals surface area (Å²) in [4.78, 5) is 21.1. The van der Waals surface area contributed by atoms with Crippen molar-refractivity contribution in [2.75, 3.05) is 43.4 Å². The van der Waals surface area contributed by atoms with Crippen LogP contribution in [0.3, 0.4) is 0 Å². The van der Waals surface area contributed by atoms with Crippen molar-refractivity contribution in [3.63, 3.8) is 0 Å². The molecule has 4 atom stereocenters. The molecule has 3 saturated heterocycles. The number of nitrogens with zero attached hydrogens (tertiary/aromatic N) is 5. The Morgan fingerprint density at radius 3 is 2.80 bits per heavy atom. The van der Waals surface area contributed by atoms with Crippen molar-refractivity contribution >= 4 is 43.5 Å². The van der Waals surface area contributed by atoms with Gasteiger partial charge in [0.05, 0.1) is 22.3 Å². The predicted molar refractivity (Wildman–Crippen MR) is 153 cm³/mol. The molecule has 0 spiro atoms. The number of thiazole rings is 1. The average Bonchev–Trinajstić information content (AvgIpc) is 3.50. The van der Waals surface area contributed by atoms with Crippen LogP contribution >= 0.6 is 11.3 Å². The average molecular weight is 567 g/mol. The maximum atomic E-state index is 14.5. The summed E-state index contributed by atoms with van der Waals surface area (Å²) in [5.74, 6) is 0.496. The van der Waals surface area contributed by atoms with Crippen LogP contribution in [0.5, 0.6) is 6.01 Å². The second-order valence-electron chi connectivity index (χ2n) is 11.1. The molecule has 9 nitrogen and oxygen atoms in total. The van der Waals surface area contributed by atoms with Gasteiger partial charge in [0.2, 0.25) is 0 Å². The van der Waals surface area contributed by atoms with Gasteiger partial charge < -0.3 is 26.0 Å². The number of alkyl halides is 1. The molecule has 4 N–H and O–H groups in total. The van der Waals surface area contributed by atoms with Gasteiger partial charge in [0.25, 0.3) is 0 Å². The SMILES string of the molecule is Nc1nc2c(-c3cnc4c(N5CC6CCC(C5)N6)nc(OC[C@@H]5CCCNC[C@H](F)C5)nc4c3)ccc(F)c2s1. The first-order valence-electron chi connectivity index (χ1n) is 14.0. The topological polar surface area (TPSA) is 114 Å².